The maximum Gasteiger partial charge on any atom is 0.329 e. The van der Waals surface area contributed by atoms with Crippen molar-refractivity contribution in [3.63, 3.8) is 0 Å². The van der Waals surface area contributed by atoms with Gasteiger partial charge in [-0.05, 0) is 51.4 Å². The van der Waals surface area contributed by atoms with Crippen LogP contribution in [0.5, 0.6) is 0 Å². The fraction of sp³-hybridized carbons (Fsp3) is 0.233. The van der Waals surface area contributed by atoms with Gasteiger partial charge < -0.3 is 0 Å². The number of aldehydes is 1. The first-order chi connectivity index (χ1) is 18.5. The number of nitrogens with zero attached hydrogens (tertiary/aromatic N) is 5. The number of rotatable bonds is 10. The van der Waals surface area contributed by atoms with Crippen LogP contribution in [0.2, 0.25) is 0 Å². The minimum absolute atomic E-state index is 0.165. The van der Waals surface area contributed by atoms with Gasteiger partial charge in [0.2, 0.25) is 0 Å². The lowest BCUT2D eigenvalue weighted by Gasteiger charge is -2.11. The Hall–Kier alpha value is -4.59. The van der Waals surface area contributed by atoms with Crippen molar-refractivity contribution in [1.82, 2.24) is 29.8 Å². The standard InChI is InChI=1S/C30H30N6O2/c1-21(2)12-17-27-28(20-37)36(18-22-8-4-3-5-9-22)30(38)35(27)19-23-13-15-24(16-14-23)25-10-6-7-11-26(25)29-31-33-34-32-29/h3-11,13-16,20-21H,12,17-19H2,1-2H3,(H,31,32,33,34). The molecule has 2 heterocycles. The second kappa shape index (κ2) is 11.2. The molecule has 0 bridgehead atoms. The van der Waals surface area contributed by atoms with Crippen LogP contribution in [0.25, 0.3) is 22.5 Å². The molecule has 0 aliphatic carbocycles. The SMILES string of the molecule is CC(C)CCc1c(C=O)n(Cc2ccccc2)c(=O)n1Cc1ccc(-c2ccccc2-c2nnn[nH]2)cc1. The Labute approximate surface area is 221 Å². The van der Waals surface area contributed by atoms with Crippen LogP contribution in [0.4, 0.5) is 0 Å². The molecule has 0 amide bonds. The third-order valence-corrected chi connectivity index (χ3v) is 6.76. The molecule has 0 atom stereocenters. The fourth-order valence-electron chi connectivity index (χ4n) is 4.75. The Bertz CT molecular complexity index is 1570. The Balaban J connectivity index is 1.49. The average molecular weight is 507 g/mol. The minimum Gasteiger partial charge on any atom is -0.296 e. The summed E-state index contributed by atoms with van der Waals surface area (Å²) in [7, 11) is 0. The Morgan fingerprint density at radius 3 is 2.16 bits per heavy atom. The van der Waals surface area contributed by atoms with E-state index in [0.29, 0.717) is 36.9 Å². The highest BCUT2D eigenvalue weighted by molar-refractivity contribution is 5.80. The summed E-state index contributed by atoms with van der Waals surface area (Å²) < 4.78 is 3.37. The van der Waals surface area contributed by atoms with Gasteiger partial charge in [0.25, 0.3) is 0 Å². The van der Waals surface area contributed by atoms with E-state index in [-0.39, 0.29) is 5.69 Å². The molecule has 0 aliphatic heterocycles. The molecule has 3 aromatic carbocycles. The van der Waals surface area contributed by atoms with Gasteiger partial charge in [0.05, 0.1) is 18.8 Å². The summed E-state index contributed by atoms with van der Waals surface area (Å²) in [5.41, 5.74) is 5.98. The number of benzene rings is 3. The zero-order chi connectivity index (χ0) is 26.5. The topological polar surface area (TPSA) is 98.5 Å². The van der Waals surface area contributed by atoms with Gasteiger partial charge in [0.15, 0.2) is 12.1 Å². The number of carbonyl (C=O) groups excluding carboxylic acids is 1. The Kier molecular flexibility index (Phi) is 7.40. The molecule has 5 rings (SSSR count). The number of carbonyl (C=O) groups is 1. The highest BCUT2D eigenvalue weighted by Crippen LogP contribution is 2.30. The lowest BCUT2D eigenvalue weighted by Crippen LogP contribution is -2.26. The molecule has 0 radical (unpaired) electrons. The molecular weight excluding hydrogens is 476 g/mol. The second-order valence-corrected chi connectivity index (χ2v) is 9.82. The van der Waals surface area contributed by atoms with Gasteiger partial charge in [0.1, 0.15) is 5.69 Å². The average Bonchev–Trinajstić information content (AvgIpc) is 3.56. The zero-order valence-corrected chi connectivity index (χ0v) is 21.5. The summed E-state index contributed by atoms with van der Waals surface area (Å²) in [6, 6.07) is 25.8. The van der Waals surface area contributed by atoms with Gasteiger partial charge in [-0.2, -0.15) is 0 Å². The summed E-state index contributed by atoms with van der Waals surface area (Å²) in [6.45, 7) is 5.05. The first-order valence-electron chi connectivity index (χ1n) is 12.8. The molecule has 0 saturated heterocycles. The number of tetrazole rings is 1. The van der Waals surface area contributed by atoms with E-state index in [2.05, 4.69) is 34.5 Å². The summed E-state index contributed by atoms with van der Waals surface area (Å²) in [4.78, 5) is 25.9. The zero-order valence-electron chi connectivity index (χ0n) is 21.5. The van der Waals surface area contributed by atoms with Crippen LogP contribution in [0, 0.1) is 5.92 Å². The molecule has 2 aromatic heterocycles. The molecule has 38 heavy (non-hydrogen) atoms. The predicted octanol–water partition coefficient (Wildman–Crippen LogP) is 4.99. The van der Waals surface area contributed by atoms with Crippen LogP contribution >= 0.6 is 0 Å². The van der Waals surface area contributed by atoms with Crippen LogP contribution < -0.4 is 5.69 Å². The molecule has 192 valence electrons. The number of aromatic nitrogens is 6. The Morgan fingerprint density at radius 1 is 0.842 bits per heavy atom. The number of hydrogen-bond donors (Lipinski definition) is 1. The normalized spacial score (nSPS) is 11.2. The van der Waals surface area contributed by atoms with Crippen LogP contribution in [0.1, 0.15) is 47.6 Å². The smallest absolute Gasteiger partial charge is 0.296 e. The third kappa shape index (κ3) is 5.25. The summed E-state index contributed by atoms with van der Waals surface area (Å²) in [5.74, 6) is 1.06. The summed E-state index contributed by atoms with van der Waals surface area (Å²) >= 11 is 0. The van der Waals surface area contributed by atoms with E-state index < -0.39 is 0 Å². The van der Waals surface area contributed by atoms with Crippen molar-refractivity contribution in [3.8, 4) is 22.5 Å². The second-order valence-electron chi connectivity index (χ2n) is 9.82. The number of imidazole rings is 1. The highest BCUT2D eigenvalue weighted by Gasteiger charge is 2.20. The van der Waals surface area contributed by atoms with Crippen LogP contribution in [-0.2, 0) is 19.5 Å². The van der Waals surface area contributed by atoms with Gasteiger partial charge in [-0.15, -0.1) is 5.10 Å². The Morgan fingerprint density at radius 2 is 1.50 bits per heavy atom. The van der Waals surface area contributed by atoms with E-state index >= 15 is 0 Å². The predicted molar refractivity (Wildman–Crippen MR) is 147 cm³/mol. The van der Waals surface area contributed by atoms with Crippen molar-refractivity contribution in [2.45, 2.75) is 39.8 Å². The molecule has 0 aliphatic rings. The van der Waals surface area contributed by atoms with E-state index in [9.17, 15) is 9.59 Å². The monoisotopic (exact) mass is 506 g/mol. The lowest BCUT2D eigenvalue weighted by molar-refractivity contribution is 0.111. The molecule has 5 aromatic rings. The maximum atomic E-state index is 13.6. The van der Waals surface area contributed by atoms with E-state index in [4.69, 9.17) is 0 Å². The van der Waals surface area contributed by atoms with E-state index in [0.717, 1.165) is 46.2 Å². The van der Waals surface area contributed by atoms with Crippen LogP contribution in [0.15, 0.2) is 83.7 Å². The third-order valence-electron chi connectivity index (χ3n) is 6.76. The largest absolute Gasteiger partial charge is 0.329 e. The molecule has 0 saturated carbocycles. The van der Waals surface area contributed by atoms with Gasteiger partial charge >= 0.3 is 5.69 Å². The summed E-state index contributed by atoms with van der Waals surface area (Å²) in [6.07, 6.45) is 2.39. The van der Waals surface area contributed by atoms with Crippen molar-refractivity contribution in [2.75, 3.05) is 0 Å². The number of hydrogen-bond acceptors (Lipinski definition) is 5. The van der Waals surface area contributed by atoms with Crippen molar-refractivity contribution in [1.29, 1.82) is 0 Å². The van der Waals surface area contributed by atoms with Crippen molar-refractivity contribution < 1.29 is 4.79 Å². The lowest BCUT2D eigenvalue weighted by atomic mass is 9.98. The minimum atomic E-state index is -0.165. The molecular formula is C30H30N6O2. The molecule has 8 heteroatoms. The highest BCUT2D eigenvalue weighted by atomic mass is 16.2. The van der Waals surface area contributed by atoms with Gasteiger partial charge in [0, 0.05) is 5.56 Å². The van der Waals surface area contributed by atoms with Crippen LogP contribution in [0.3, 0.4) is 0 Å². The van der Waals surface area contributed by atoms with E-state index in [1.165, 1.54) is 0 Å². The molecule has 0 fully saturated rings. The van der Waals surface area contributed by atoms with Crippen molar-refractivity contribution >= 4 is 6.29 Å². The molecule has 0 unspecified atom stereocenters. The first-order valence-corrected chi connectivity index (χ1v) is 12.8. The van der Waals surface area contributed by atoms with Gasteiger partial charge in [-0.1, -0.05) is 92.7 Å². The molecule has 0 spiro atoms. The van der Waals surface area contributed by atoms with Gasteiger partial charge in [-0.25, -0.2) is 9.89 Å². The van der Waals surface area contributed by atoms with E-state index in [1.54, 1.807) is 9.13 Å². The summed E-state index contributed by atoms with van der Waals surface area (Å²) in [5, 5.41) is 14.3. The quantitative estimate of drug-likeness (QED) is 0.269. The maximum absolute atomic E-state index is 13.6. The number of nitrogens with one attached hydrogen (secondary N) is 1. The van der Waals surface area contributed by atoms with Crippen LogP contribution in [-0.4, -0.2) is 36.0 Å². The first kappa shape index (κ1) is 25.1. The number of aromatic amines is 1. The molecule has 1 N–H and O–H groups in total. The van der Waals surface area contributed by atoms with Crippen molar-refractivity contribution in [3.05, 3.63) is 112 Å². The number of H-pyrrole nitrogens is 1. The van der Waals surface area contributed by atoms with Crippen molar-refractivity contribution in [2.24, 2.45) is 5.92 Å². The molecule has 8 nitrogen and oxygen atoms in total. The van der Waals surface area contributed by atoms with E-state index in [1.807, 2.05) is 78.9 Å². The van der Waals surface area contributed by atoms with Gasteiger partial charge in [-0.3, -0.25) is 13.9 Å². The fourth-order valence-corrected chi connectivity index (χ4v) is 4.75.